The minimum absolute atomic E-state index is 0.0680. The van der Waals surface area contributed by atoms with Gasteiger partial charge in [0.15, 0.2) is 5.16 Å². The van der Waals surface area contributed by atoms with E-state index in [1.165, 1.54) is 11.8 Å². The number of ether oxygens (including phenoxy) is 3. The molecule has 2 saturated heterocycles. The van der Waals surface area contributed by atoms with Crippen molar-refractivity contribution < 1.29 is 14.2 Å². The lowest BCUT2D eigenvalue weighted by Crippen LogP contribution is -2.46. The Bertz CT molecular complexity index is 1920. The lowest BCUT2D eigenvalue weighted by molar-refractivity contribution is -0.160. The molecule has 5 aromatic rings. The summed E-state index contributed by atoms with van der Waals surface area (Å²) in [5, 5.41) is 13.9. The van der Waals surface area contributed by atoms with E-state index in [2.05, 4.69) is 56.3 Å². The first kappa shape index (κ1) is 34.2. The molecule has 7 rings (SSSR count). The summed E-state index contributed by atoms with van der Waals surface area (Å²) in [5.74, 6) is 0.319. The Balaban J connectivity index is 0.914. The van der Waals surface area contributed by atoms with Gasteiger partial charge >= 0.3 is 5.69 Å². The summed E-state index contributed by atoms with van der Waals surface area (Å²) >= 11 is 7.70. The van der Waals surface area contributed by atoms with E-state index in [9.17, 15) is 4.79 Å². The molecule has 4 heterocycles. The van der Waals surface area contributed by atoms with E-state index >= 15 is 0 Å². The molecule has 0 amide bonds. The number of hydrogen-bond donors (Lipinski definition) is 0. The molecule has 2 aliphatic heterocycles. The summed E-state index contributed by atoms with van der Waals surface area (Å²) in [6, 6.07) is 24.0. The van der Waals surface area contributed by atoms with Crippen LogP contribution < -0.4 is 20.2 Å². The van der Waals surface area contributed by atoms with Gasteiger partial charge in [0.2, 0.25) is 5.79 Å². The molecule has 2 aliphatic rings. The molecule has 3 atom stereocenters. The highest BCUT2D eigenvalue weighted by atomic mass is 35.5. The van der Waals surface area contributed by atoms with E-state index in [1.807, 2.05) is 67.1 Å². The predicted octanol–water partition coefficient (Wildman–Crippen LogP) is 5.55. The summed E-state index contributed by atoms with van der Waals surface area (Å²) in [6.07, 6.45) is 3.88. The Kier molecular flexibility index (Phi) is 10.2. The van der Waals surface area contributed by atoms with Crippen LogP contribution in [0.2, 0.25) is 5.02 Å². The molecule has 0 bridgehead atoms. The Morgan fingerprint density at radius 1 is 0.940 bits per heavy atom. The Morgan fingerprint density at radius 2 is 1.58 bits per heavy atom. The number of rotatable bonds is 12. The minimum atomic E-state index is -0.958. The van der Waals surface area contributed by atoms with Crippen molar-refractivity contribution in [2.24, 2.45) is 7.05 Å². The quantitative estimate of drug-likeness (QED) is 0.153. The number of halogens is 1. The average Bonchev–Trinajstić information content (AvgIpc) is 3.88. The van der Waals surface area contributed by atoms with Gasteiger partial charge in [-0.2, -0.15) is 5.10 Å². The van der Waals surface area contributed by atoms with E-state index in [1.54, 1.807) is 21.9 Å². The predicted molar refractivity (Wildman–Crippen MR) is 195 cm³/mol. The highest BCUT2D eigenvalue weighted by Gasteiger charge is 2.44. The summed E-state index contributed by atoms with van der Waals surface area (Å²) in [4.78, 5) is 17.6. The van der Waals surface area contributed by atoms with E-state index in [0.717, 1.165) is 66.1 Å². The zero-order valence-corrected chi connectivity index (χ0v) is 30.0. The van der Waals surface area contributed by atoms with Crippen LogP contribution >= 0.6 is 23.4 Å². The molecule has 0 radical (unpaired) electrons. The highest BCUT2D eigenvalue weighted by Crippen LogP contribution is 2.39. The zero-order valence-electron chi connectivity index (χ0n) is 28.4. The van der Waals surface area contributed by atoms with Crippen LogP contribution in [-0.4, -0.2) is 80.4 Å². The van der Waals surface area contributed by atoms with Crippen molar-refractivity contribution in [3.8, 4) is 11.4 Å². The van der Waals surface area contributed by atoms with E-state index < -0.39 is 5.79 Å². The molecule has 1 unspecified atom stereocenters. The fraction of sp³-hybridized carbons (Fsp3) is 0.389. The van der Waals surface area contributed by atoms with E-state index in [4.69, 9.17) is 25.8 Å². The largest absolute Gasteiger partial charge is 0.491 e. The topological polar surface area (TPSA) is 105 Å². The van der Waals surface area contributed by atoms with Gasteiger partial charge in [0.05, 0.1) is 24.1 Å². The molecule has 2 fully saturated rings. The normalized spacial score (nSPS) is 20.0. The van der Waals surface area contributed by atoms with Gasteiger partial charge in [0.1, 0.15) is 31.1 Å². The Labute approximate surface area is 300 Å². The smallest absolute Gasteiger partial charge is 0.350 e. The van der Waals surface area contributed by atoms with Crippen LogP contribution in [0.5, 0.6) is 5.75 Å². The summed E-state index contributed by atoms with van der Waals surface area (Å²) in [7, 11) is 1.91. The number of benzene rings is 3. The van der Waals surface area contributed by atoms with Crippen molar-refractivity contribution in [2.75, 3.05) is 54.9 Å². The average molecular weight is 717 g/mol. The monoisotopic (exact) mass is 716 g/mol. The van der Waals surface area contributed by atoms with Gasteiger partial charge in [0, 0.05) is 55.2 Å². The second kappa shape index (κ2) is 14.9. The lowest BCUT2D eigenvalue weighted by Gasteiger charge is -2.37. The van der Waals surface area contributed by atoms with Crippen molar-refractivity contribution >= 4 is 34.7 Å². The third-order valence-electron chi connectivity index (χ3n) is 9.32. The summed E-state index contributed by atoms with van der Waals surface area (Å²) in [6.45, 7) is 8.40. The highest BCUT2D eigenvalue weighted by molar-refractivity contribution is 7.99. The lowest BCUT2D eigenvalue weighted by atomic mass is 10.1. The number of thioether (sulfide) groups is 1. The molecule has 12 nitrogen and oxygen atoms in total. The molecule has 2 aromatic heterocycles. The fourth-order valence-electron chi connectivity index (χ4n) is 6.18. The molecule has 50 heavy (non-hydrogen) atoms. The van der Waals surface area contributed by atoms with Gasteiger partial charge in [-0.05, 0) is 74.0 Å². The molecule has 3 aromatic carbocycles. The molecule has 0 aliphatic carbocycles. The van der Waals surface area contributed by atoms with Crippen LogP contribution in [0, 0.1) is 0 Å². The third kappa shape index (κ3) is 7.27. The molecule has 0 saturated carbocycles. The van der Waals surface area contributed by atoms with Crippen LogP contribution in [-0.2, 0) is 22.3 Å². The minimum Gasteiger partial charge on any atom is -0.491 e. The van der Waals surface area contributed by atoms with Crippen molar-refractivity contribution in [1.29, 1.82) is 0 Å². The van der Waals surface area contributed by atoms with Gasteiger partial charge < -0.3 is 28.6 Å². The van der Waals surface area contributed by atoms with E-state index in [0.29, 0.717) is 24.0 Å². The standard InChI is InChI=1S/C36H41ClN8O4S/c1-4-26(2)45-35(46)44(25-39-45)31-11-9-29(10-12-31)42-17-19-43(20-18-42)30-13-15-32(16-14-30)47-21-33-22-48-36(49-33,27-5-7-28(37)8-6-27)23-50-34-40-38-24-41(34)3/h5-16,24-26,33H,4,17-23H2,1-3H3/t26-,33-,36?/m1/s1. The number of aryl methyl sites for hydroxylation is 1. The third-order valence-corrected chi connectivity index (χ3v) is 10.7. The number of aromatic nitrogens is 6. The summed E-state index contributed by atoms with van der Waals surface area (Å²) < 4.78 is 24.1. The maximum Gasteiger partial charge on any atom is 0.350 e. The van der Waals surface area contributed by atoms with Crippen molar-refractivity contribution in [1.82, 2.24) is 29.1 Å². The molecular weight excluding hydrogens is 676 g/mol. The Morgan fingerprint density at radius 3 is 2.20 bits per heavy atom. The number of nitrogens with zero attached hydrogens (tertiary/aromatic N) is 8. The van der Waals surface area contributed by atoms with Crippen molar-refractivity contribution in [2.45, 2.75) is 43.4 Å². The number of hydrogen-bond acceptors (Lipinski definition) is 10. The van der Waals surface area contributed by atoms with Crippen molar-refractivity contribution in [3.63, 3.8) is 0 Å². The first-order valence-electron chi connectivity index (χ1n) is 16.9. The summed E-state index contributed by atoms with van der Waals surface area (Å²) in [5.41, 5.74) is 3.90. The van der Waals surface area contributed by atoms with Crippen LogP contribution in [0.15, 0.2) is 95.4 Å². The first-order valence-corrected chi connectivity index (χ1v) is 18.2. The maximum atomic E-state index is 12.8. The van der Waals surface area contributed by atoms with Gasteiger partial charge in [-0.3, -0.25) is 0 Å². The molecule has 262 valence electrons. The van der Waals surface area contributed by atoms with E-state index in [-0.39, 0.29) is 17.8 Å². The van der Waals surface area contributed by atoms with Crippen LogP contribution in [0.3, 0.4) is 0 Å². The molecular formula is C36H41ClN8O4S. The molecule has 0 N–H and O–H groups in total. The SMILES string of the molecule is CC[C@@H](C)n1ncn(-c2ccc(N3CCN(c4ccc(OC[C@@H]5COC(CSc6nncn6C)(c6ccc(Cl)cc6)O5)cc4)CC3)cc2)c1=O. The molecule has 14 heteroatoms. The maximum absolute atomic E-state index is 12.8. The molecule has 0 spiro atoms. The van der Waals surface area contributed by atoms with Crippen LogP contribution in [0.4, 0.5) is 11.4 Å². The Hall–Kier alpha value is -4.30. The van der Waals surface area contributed by atoms with Gasteiger partial charge in [-0.15, -0.1) is 10.2 Å². The number of anilines is 2. The van der Waals surface area contributed by atoms with Crippen molar-refractivity contribution in [3.05, 3.63) is 107 Å². The second-order valence-electron chi connectivity index (χ2n) is 12.6. The number of piperazine rings is 1. The first-order chi connectivity index (χ1) is 24.3. The van der Waals surface area contributed by atoms with Crippen LogP contribution in [0.25, 0.3) is 5.69 Å². The fourth-order valence-corrected chi connectivity index (χ4v) is 7.30. The zero-order chi connectivity index (χ0) is 34.7. The van der Waals surface area contributed by atoms with Gasteiger partial charge in [-0.25, -0.2) is 14.0 Å². The van der Waals surface area contributed by atoms with Gasteiger partial charge in [-0.1, -0.05) is 42.4 Å². The second-order valence-corrected chi connectivity index (χ2v) is 14.0. The van der Waals surface area contributed by atoms with Gasteiger partial charge in [0.25, 0.3) is 0 Å². The van der Waals surface area contributed by atoms with Crippen LogP contribution in [0.1, 0.15) is 31.9 Å².